The van der Waals surface area contributed by atoms with Gasteiger partial charge in [-0.05, 0) is 43.7 Å². The molecule has 100 valence electrons. The monoisotopic (exact) mass is 265 g/mol. The minimum atomic E-state index is -0.111. The zero-order valence-electron chi connectivity index (χ0n) is 11.4. The maximum atomic E-state index is 12.3. The highest BCUT2D eigenvalue weighted by Gasteiger charge is 2.09. The summed E-state index contributed by atoms with van der Waals surface area (Å²) in [4.78, 5) is 12.3. The lowest BCUT2D eigenvalue weighted by atomic mass is 10.1. The Morgan fingerprint density at radius 3 is 2.80 bits per heavy atom. The molecule has 1 aromatic heterocycles. The summed E-state index contributed by atoms with van der Waals surface area (Å²) in [5.74, 6) is -0.111. The molecule has 0 aliphatic carbocycles. The van der Waals surface area contributed by atoms with Crippen molar-refractivity contribution in [3.8, 4) is 0 Å². The smallest absolute Gasteiger partial charge is 0.255 e. The van der Waals surface area contributed by atoms with Gasteiger partial charge in [0.15, 0.2) is 0 Å². The summed E-state index contributed by atoms with van der Waals surface area (Å²) < 4.78 is 0. The van der Waals surface area contributed by atoms with E-state index in [1.54, 1.807) is 12.3 Å². The van der Waals surface area contributed by atoms with Gasteiger partial charge < -0.3 is 5.32 Å². The Hall–Kier alpha value is -2.62. The van der Waals surface area contributed by atoms with E-state index in [1.807, 2.05) is 38.1 Å². The first kappa shape index (κ1) is 12.4. The highest BCUT2D eigenvalue weighted by atomic mass is 16.1. The van der Waals surface area contributed by atoms with Gasteiger partial charge >= 0.3 is 0 Å². The first-order valence-electron chi connectivity index (χ1n) is 6.45. The number of hydrogen-bond acceptors (Lipinski definition) is 2. The topological polar surface area (TPSA) is 57.8 Å². The Balaban J connectivity index is 1.88. The van der Waals surface area contributed by atoms with E-state index < -0.39 is 0 Å². The predicted octanol–water partition coefficient (Wildman–Crippen LogP) is 3.43. The number of fused-ring (bicyclic) bond motifs is 1. The van der Waals surface area contributed by atoms with Crippen LogP contribution in [0.15, 0.2) is 42.6 Å². The van der Waals surface area contributed by atoms with Crippen molar-refractivity contribution in [1.82, 2.24) is 10.2 Å². The van der Waals surface area contributed by atoms with E-state index in [2.05, 4.69) is 21.6 Å². The van der Waals surface area contributed by atoms with Gasteiger partial charge in [-0.15, -0.1) is 0 Å². The molecule has 0 unspecified atom stereocenters. The number of carbonyl (C=O) groups excluding carboxylic acids is 1. The highest BCUT2D eigenvalue weighted by molar-refractivity contribution is 6.06. The molecular formula is C16H15N3O. The van der Waals surface area contributed by atoms with Crippen molar-refractivity contribution in [2.45, 2.75) is 13.8 Å². The first-order valence-corrected chi connectivity index (χ1v) is 6.45. The fourth-order valence-corrected chi connectivity index (χ4v) is 2.23. The van der Waals surface area contributed by atoms with E-state index >= 15 is 0 Å². The molecule has 0 aliphatic rings. The van der Waals surface area contributed by atoms with Gasteiger partial charge in [0.2, 0.25) is 0 Å². The SMILES string of the molecule is Cc1ccc(NC(=O)c2ccc3[nH]ncc3c2)c(C)c1. The third-order valence-electron chi connectivity index (χ3n) is 3.33. The molecule has 3 aromatic rings. The predicted molar refractivity (Wildman–Crippen MR) is 80.0 cm³/mol. The third kappa shape index (κ3) is 2.28. The number of anilines is 1. The van der Waals surface area contributed by atoms with Crippen LogP contribution in [0.3, 0.4) is 0 Å². The van der Waals surface area contributed by atoms with Crippen molar-refractivity contribution in [3.63, 3.8) is 0 Å². The van der Waals surface area contributed by atoms with E-state index in [9.17, 15) is 4.79 Å². The molecule has 1 heterocycles. The number of carbonyl (C=O) groups is 1. The van der Waals surface area contributed by atoms with Gasteiger partial charge in [-0.2, -0.15) is 5.10 Å². The molecule has 2 aromatic carbocycles. The van der Waals surface area contributed by atoms with Crippen LogP contribution < -0.4 is 5.32 Å². The maximum absolute atomic E-state index is 12.3. The van der Waals surface area contributed by atoms with E-state index in [-0.39, 0.29) is 5.91 Å². The first-order chi connectivity index (χ1) is 9.63. The summed E-state index contributed by atoms with van der Waals surface area (Å²) in [5, 5.41) is 10.7. The van der Waals surface area contributed by atoms with E-state index in [4.69, 9.17) is 0 Å². The quantitative estimate of drug-likeness (QED) is 0.745. The van der Waals surface area contributed by atoms with Crippen molar-refractivity contribution in [3.05, 3.63) is 59.3 Å². The second-order valence-electron chi connectivity index (χ2n) is 4.94. The van der Waals surface area contributed by atoms with Crippen molar-refractivity contribution in [2.75, 3.05) is 5.32 Å². The number of nitrogens with one attached hydrogen (secondary N) is 2. The molecule has 3 rings (SSSR count). The molecule has 1 amide bonds. The lowest BCUT2D eigenvalue weighted by Gasteiger charge is -2.09. The molecule has 0 bridgehead atoms. The van der Waals surface area contributed by atoms with Gasteiger partial charge in [-0.25, -0.2) is 0 Å². The molecule has 0 radical (unpaired) electrons. The average Bonchev–Trinajstić information content (AvgIpc) is 2.89. The number of aromatic nitrogens is 2. The van der Waals surface area contributed by atoms with Crippen LogP contribution in [0.2, 0.25) is 0 Å². The molecule has 4 nitrogen and oxygen atoms in total. The molecule has 0 spiro atoms. The van der Waals surface area contributed by atoms with Gasteiger partial charge in [0, 0.05) is 16.6 Å². The van der Waals surface area contributed by atoms with Crippen molar-refractivity contribution < 1.29 is 4.79 Å². The highest BCUT2D eigenvalue weighted by Crippen LogP contribution is 2.18. The number of aromatic amines is 1. The standard InChI is InChI=1S/C16H15N3O/c1-10-3-5-14(11(2)7-10)18-16(20)12-4-6-15-13(8-12)9-17-19-15/h3-9H,1-2H3,(H,17,19)(H,18,20). The Morgan fingerprint density at radius 1 is 1.15 bits per heavy atom. The number of H-pyrrole nitrogens is 1. The second-order valence-corrected chi connectivity index (χ2v) is 4.94. The van der Waals surface area contributed by atoms with Gasteiger partial charge in [0.05, 0.1) is 11.7 Å². The van der Waals surface area contributed by atoms with Crippen LogP contribution in [0.4, 0.5) is 5.69 Å². The molecule has 4 heteroatoms. The Kier molecular flexibility index (Phi) is 2.99. The van der Waals surface area contributed by atoms with Crippen LogP contribution >= 0.6 is 0 Å². The molecule has 0 aliphatic heterocycles. The molecule has 0 saturated carbocycles. The van der Waals surface area contributed by atoms with Crippen molar-refractivity contribution in [2.24, 2.45) is 0 Å². The minimum absolute atomic E-state index is 0.111. The third-order valence-corrected chi connectivity index (χ3v) is 3.33. The molecule has 0 atom stereocenters. The van der Waals surface area contributed by atoms with Crippen LogP contribution in [0.25, 0.3) is 10.9 Å². The van der Waals surface area contributed by atoms with E-state index in [0.29, 0.717) is 5.56 Å². The Labute approximate surface area is 116 Å². The lowest BCUT2D eigenvalue weighted by molar-refractivity contribution is 0.102. The summed E-state index contributed by atoms with van der Waals surface area (Å²) in [5.41, 5.74) is 4.63. The fourth-order valence-electron chi connectivity index (χ4n) is 2.23. The van der Waals surface area contributed by atoms with Crippen LogP contribution in [-0.4, -0.2) is 16.1 Å². The zero-order valence-corrected chi connectivity index (χ0v) is 11.4. The average molecular weight is 265 g/mol. The fraction of sp³-hybridized carbons (Fsp3) is 0.125. The number of rotatable bonds is 2. The van der Waals surface area contributed by atoms with Gasteiger partial charge in [0.1, 0.15) is 0 Å². The summed E-state index contributed by atoms with van der Waals surface area (Å²) in [7, 11) is 0. The normalized spacial score (nSPS) is 10.7. The van der Waals surface area contributed by atoms with Crippen LogP contribution in [0.5, 0.6) is 0 Å². The lowest BCUT2D eigenvalue weighted by Crippen LogP contribution is -2.12. The van der Waals surface area contributed by atoms with E-state index in [0.717, 1.165) is 22.2 Å². The number of amides is 1. The summed E-state index contributed by atoms with van der Waals surface area (Å²) in [6.45, 7) is 4.02. The zero-order chi connectivity index (χ0) is 14.1. The van der Waals surface area contributed by atoms with Crippen LogP contribution in [-0.2, 0) is 0 Å². The summed E-state index contributed by atoms with van der Waals surface area (Å²) >= 11 is 0. The number of hydrogen-bond donors (Lipinski definition) is 2. The van der Waals surface area contributed by atoms with Crippen molar-refractivity contribution >= 4 is 22.5 Å². The minimum Gasteiger partial charge on any atom is -0.322 e. The molecule has 2 N–H and O–H groups in total. The Morgan fingerprint density at radius 2 is 2.00 bits per heavy atom. The van der Waals surface area contributed by atoms with Crippen LogP contribution in [0.1, 0.15) is 21.5 Å². The molecule has 20 heavy (non-hydrogen) atoms. The largest absolute Gasteiger partial charge is 0.322 e. The maximum Gasteiger partial charge on any atom is 0.255 e. The Bertz CT molecular complexity index is 789. The number of benzene rings is 2. The summed E-state index contributed by atoms with van der Waals surface area (Å²) in [6.07, 6.45) is 1.71. The molecule has 0 fully saturated rings. The molecule has 0 saturated heterocycles. The summed E-state index contributed by atoms with van der Waals surface area (Å²) in [6, 6.07) is 11.5. The van der Waals surface area contributed by atoms with Gasteiger partial charge in [0.25, 0.3) is 5.91 Å². The van der Waals surface area contributed by atoms with Crippen molar-refractivity contribution in [1.29, 1.82) is 0 Å². The second kappa shape index (κ2) is 4.81. The van der Waals surface area contributed by atoms with Crippen LogP contribution in [0, 0.1) is 13.8 Å². The van der Waals surface area contributed by atoms with E-state index in [1.165, 1.54) is 5.56 Å². The molecular weight excluding hydrogens is 250 g/mol. The van der Waals surface area contributed by atoms with Gasteiger partial charge in [-0.1, -0.05) is 17.7 Å². The van der Waals surface area contributed by atoms with Gasteiger partial charge in [-0.3, -0.25) is 9.89 Å². The number of aryl methyl sites for hydroxylation is 2. The number of nitrogens with zero attached hydrogens (tertiary/aromatic N) is 1.